The summed E-state index contributed by atoms with van der Waals surface area (Å²) in [6.45, 7) is 4.46. The lowest BCUT2D eigenvalue weighted by Gasteiger charge is -2.35. The van der Waals surface area contributed by atoms with Crippen molar-refractivity contribution in [3.63, 3.8) is 0 Å². The van der Waals surface area contributed by atoms with Gasteiger partial charge in [-0.2, -0.15) is 0 Å². The average molecular weight is 473 g/mol. The molecule has 184 valence electrons. The number of hydrazine groups is 1. The molecule has 6 atom stereocenters. The summed E-state index contributed by atoms with van der Waals surface area (Å²) >= 11 is 0. The summed E-state index contributed by atoms with van der Waals surface area (Å²) < 4.78 is 0. The Labute approximate surface area is 207 Å². The van der Waals surface area contributed by atoms with Crippen molar-refractivity contribution in [3.8, 4) is 0 Å². The Balaban J connectivity index is 1.03. The fraction of sp³-hybridized carbons (Fsp3) is 0.536. The summed E-state index contributed by atoms with van der Waals surface area (Å²) in [6.07, 6.45) is 4.47. The maximum atomic E-state index is 13.0. The number of carbonyl (C=O) groups is 1. The van der Waals surface area contributed by atoms with Crippen molar-refractivity contribution < 1.29 is 4.79 Å². The van der Waals surface area contributed by atoms with E-state index in [-0.39, 0.29) is 11.3 Å². The minimum atomic E-state index is -0.341. The van der Waals surface area contributed by atoms with Gasteiger partial charge in [0.05, 0.1) is 11.5 Å². The molecular weight excluding hydrogens is 436 g/mol. The Morgan fingerprint density at radius 3 is 2.60 bits per heavy atom. The van der Waals surface area contributed by atoms with Crippen molar-refractivity contribution in [2.45, 2.75) is 43.2 Å². The van der Waals surface area contributed by atoms with Gasteiger partial charge in [-0.15, -0.1) is 0 Å². The number of piperazine rings is 1. The van der Waals surface area contributed by atoms with Gasteiger partial charge in [-0.05, 0) is 91.9 Å². The second-order valence-corrected chi connectivity index (χ2v) is 11.5. The van der Waals surface area contributed by atoms with Crippen LogP contribution in [0.4, 0.5) is 17.1 Å². The van der Waals surface area contributed by atoms with E-state index in [4.69, 9.17) is 5.73 Å². The van der Waals surface area contributed by atoms with Gasteiger partial charge in [0.1, 0.15) is 0 Å². The van der Waals surface area contributed by atoms with Crippen LogP contribution >= 0.6 is 0 Å². The normalized spacial score (nSPS) is 36.2. The largest absolute Gasteiger partial charge is 0.399 e. The molecule has 7 rings (SSSR count). The first kappa shape index (κ1) is 21.7. The summed E-state index contributed by atoms with van der Waals surface area (Å²) in [5, 5.41) is 3.12. The van der Waals surface area contributed by atoms with Gasteiger partial charge < -0.3 is 20.9 Å². The second-order valence-electron chi connectivity index (χ2n) is 11.5. The third-order valence-electron chi connectivity index (χ3n) is 9.68. The number of hydrogen-bond acceptors (Lipinski definition) is 6. The van der Waals surface area contributed by atoms with E-state index in [1.54, 1.807) is 0 Å². The molecular formula is C28H36N6O. The zero-order valence-corrected chi connectivity index (χ0v) is 20.5. The zero-order chi connectivity index (χ0) is 23.7. The standard InChI is InChI=1S/C28H36N6O/c1-33-10-12-34(13-11-33)20-6-2-17(3-7-20)26-21-8-4-18(14-25(21)31-32-26)23-16-28(23)22-15-19(29)5-9-24(22)30-27(28)35/h2-3,5-7,9,15,18,21,23,25-26,31-32H,4,8,10-14,16,29H2,1H3,(H,30,35)/t18?,21?,23?,25?,26?,28-/m0/s1. The van der Waals surface area contributed by atoms with E-state index < -0.39 is 0 Å². The molecule has 0 aromatic heterocycles. The molecule has 2 aromatic rings. The summed E-state index contributed by atoms with van der Waals surface area (Å²) in [5.41, 5.74) is 18.6. The SMILES string of the molecule is CN1CCN(c2ccc(C3NNC4CC(C5C[C@@]56C(=O)Nc5ccc(N)cc56)CCC43)cc2)CC1. The molecule has 7 heteroatoms. The Bertz CT molecular complexity index is 1140. The molecule has 3 heterocycles. The zero-order valence-electron chi connectivity index (χ0n) is 20.5. The van der Waals surface area contributed by atoms with Gasteiger partial charge >= 0.3 is 0 Å². The van der Waals surface area contributed by atoms with Crippen molar-refractivity contribution in [2.75, 3.05) is 49.2 Å². The van der Waals surface area contributed by atoms with E-state index in [2.05, 4.69) is 57.3 Å². The lowest BCUT2D eigenvalue weighted by Crippen LogP contribution is -2.44. The molecule has 0 radical (unpaired) electrons. The number of amides is 1. The number of fused-ring (bicyclic) bond motifs is 3. The van der Waals surface area contributed by atoms with Crippen LogP contribution in [0.1, 0.15) is 42.9 Å². The first-order valence-corrected chi connectivity index (χ1v) is 13.3. The summed E-state index contributed by atoms with van der Waals surface area (Å²) in [7, 11) is 2.20. The fourth-order valence-electron chi connectivity index (χ4n) is 7.57. The first-order chi connectivity index (χ1) is 17.0. The third kappa shape index (κ3) is 3.39. The number of likely N-dealkylation sites (N-methyl/N-ethyl adjacent to an activating group) is 1. The van der Waals surface area contributed by atoms with Crippen LogP contribution in [0.25, 0.3) is 0 Å². The number of nitrogen functional groups attached to an aromatic ring is 1. The van der Waals surface area contributed by atoms with Crippen molar-refractivity contribution in [3.05, 3.63) is 53.6 Å². The van der Waals surface area contributed by atoms with E-state index in [1.165, 1.54) is 24.1 Å². The molecule has 3 aliphatic heterocycles. The number of carbonyl (C=O) groups excluding carboxylic acids is 1. The highest BCUT2D eigenvalue weighted by Gasteiger charge is 2.67. The molecule has 2 saturated carbocycles. The number of rotatable bonds is 3. The molecule has 35 heavy (non-hydrogen) atoms. The number of nitrogens with zero attached hydrogens (tertiary/aromatic N) is 2. The summed E-state index contributed by atoms with van der Waals surface area (Å²) in [5.74, 6) is 1.77. The van der Waals surface area contributed by atoms with E-state index in [0.29, 0.717) is 29.8 Å². The molecule has 5 unspecified atom stereocenters. The van der Waals surface area contributed by atoms with Crippen molar-refractivity contribution in [1.82, 2.24) is 15.8 Å². The van der Waals surface area contributed by atoms with Crippen LogP contribution in [0.3, 0.4) is 0 Å². The number of anilines is 3. The van der Waals surface area contributed by atoms with E-state index in [1.807, 2.05) is 18.2 Å². The third-order valence-corrected chi connectivity index (χ3v) is 9.68. The number of hydrogen-bond donors (Lipinski definition) is 4. The molecule has 2 aromatic carbocycles. The van der Waals surface area contributed by atoms with Crippen LogP contribution in [-0.4, -0.2) is 50.1 Å². The van der Waals surface area contributed by atoms with Gasteiger partial charge in [0, 0.05) is 49.3 Å². The maximum Gasteiger partial charge on any atom is 0.235 e. The molecule has 4 fully saturated rings. The van der Waals surface area contributed by atoms with Crippen LogP contribution < -0.4 is 26.8 Å². The average Bonchev–Trinajstić information content (AvgIpc) is 3.40. The second kappa shape index (κ2) is 7.95. The first-order valence-electron chi connectivity index (χ1n) is 13.3. The Kier molecular flexibility index (Phi) is 4.92. The van der Waals surface area contributed by atoms with Crippen LogP contribution in [0.2, 0.25) is 0 Å². The maximum absolute atomic E-state index is 13.0. The van der Waals surface area contributed by atoms with Crippen molar-refractivity contribution in [2.24, 2.45) is 17.8 Å². The number of benzene rings is 2. The predicted octanol–water partition coefficient (Wildman–Crippen LogP) is 2.86. The molecule has 0 bridgehead atoms. The van der Waals surface area contributed by atoms with E-state index in [9.17, 15) is 4.79 Å². The number of nitrogens with one attached hydrogen (secondary N) is 3. The molecule has 5 N–H and O–H groups in total. The molecule has 5 aliphatic rings. The van der Waals surface area contributed by atoms with Gasteiger partial charge in [-0.3, -0.25) is 10.2 Å². The highest BCUT2D eigenvalue weighted by atomic mass is 16.2. The number of nitrogens with two attached hydrogens (primary N) is 1. The Morgan fingerprint density at radius 2 is 1.80 bits per heavy atom. The van der Waals surface area contributed by atoms with Crippen molar-refractivity contribution in [1.29, 1.82) is 0 Å². The lowest BCUT2D eigenvalue weighted by atomic mass is 9.72. The summed E-state index contributed by atoms with van der Waals surface area (Å²) in [6, 6.07) is 15.9. The minimum Gasteiger partial charge on any atom is -0.399 e. The molecule has 7 nitrogen and oxygen atoms in total. The Morgan fingerprint density at radius 1 is 1.00 bits per heavy atom. The molecule has 2 saturated heterocycles. The fourth-order valence-corrected chi connectivity index (χ4v) is 7.57. The van der Waals surface area contributed by atoms with E-state index >= 15 is 0 Å². The van der Waals surface area contributed by atoms with Gasteiger partial charge in [-0.1, -0.05) is 12.1 Å². The summed E-state index contributed by atoms with van der Waals surface area (Å²) in [4.78, 5) is 17.9. The van der Waals surface area contributed by atoms with Gasteiger partial charge in [0.25, 0.3) is 0 Å². The van der Waals surface area contributed by atoms with Crippen LogP contribution in [0.15, 0.2) is 42.5 Å². The predicted molar refractivity (Wildman–Crippen MR) is 139 cm³/mol. The van der Waals surface area contributed by atoms with Gasteiger partial charge in [0.15, 0.2) is 0 Å². The van der Waals surface area contributed by atoms with Crippen LogP contribution in [0.5, 0.6) is 0 Å². The lowest BCUT2D eigenvalue weighted by molar-refractivity contribution is -0.118. The molecule has 1 amide bonds. The monoisotopic (exact) mass is 472 g/mol. The topological polar surface area (TPSA) is 85.7 Å². The molecule has 1 spiro atoms. The highest BCUT2D eigenvalue weighted by Crippen LogP contribution is 2.65. The highest BCUT2D eigenvalue weighted by molar-refractivity contribution is 6.09. The quantitative estimate of drug-likeness (QED) is 0.514. The van der Waals surface area contributed by atoms with Gasteiger partial charge in [0.2, 0.25) is 5.91 Å². The van der Waals surface area contributed by atoms with Crippen LogP contribution in [0, 0.1) is 17.8 Å². The Hall–Kier alpha value is -2.61. The minimum absolute atomic E-state index is 0.182. The smallest absolute Gasteiger partial charge is 0.235 e. The van der Waals surface area contributed by atoms with E-state index in [0.717, 1.165) is 56.0 Å². The molecule has 2 aliphatic carbocycles. The van der Waals surface area contributed by atoms with Crippen molar-refractivity contribution >= 4 is 23.0 Å². The van der Waals surface area contributed by atoms with Crippen LogP contribution in [-0.2, 0) is 10.2 Å². The van der Waals surface area contributed by atoms with Gasteiger partial charge in [-0.25, -0.2) is 5.43 Å².